The molecule has 1 amide bonds. The zero-order valence-electron chi connectivity index (χ0n) is 9.53. The molecule has 17 heavy (non-hydrogen) atoms. The van der Waals surface area contributed by atoms with E-state index in [1.165, 1.54) is 7.11 Å². The van der Waals surface area contributed by atoms with Crippen molar-refractivity contribution in [1.82, 2.24) is 5.32 Å². The second kappa shape index (κ2) is 7.65. The number of nitrogens with one attached hydrogen (secondary N) is 2. The summed E-state index contributed by atoms with van der Waals surface area (Å²) >= 11 is 0. The van der Waals surface area contributed by atoms with E-state index >= 15 is 0 Å². The molecule has 0 spiro atoms. The van der Waals surface area contributed by atoms with E-state index in [1.807, 2.05) is 12.1 Å². The molecule has 0 atom stereocenters. The van der Waals surface area contributed by atoms with E-state index in [0.717, 1.165) is 5.56 Å². The van der Waals surface area contributed by atoms with Crippen molar-refractivity contribution in [3.63, 3.8) is 0 Å². The topological polar surface area (TPSA) is 88.2 Å². The number of methoxy groups -OCH3 is 1. The van der Waals surface area contributed by atoms with Crippen LogP contribution in [0, 0.1) is 5.41 Å². The van der Waals surface area contributed by atoms with Gasteiger partial charge in [-0.25, -0.2) is 0 Å². The van der Waals surface area contributed by atoms with E-state index < -0.39 is 0 Å². The molecule has 0 aliphatic heterocycles. The summed E-state index contributed by atoms with van der Waals surface area (Å²) in [5, 5.41) is 9.92. The summed E-state index contributed by atoms with van der Waals surface area (Å²) in [5.41, 5.74) is 6.95. The van der Waals surface area contributed by atoms with Gasteiger partial charge in [0, 0.05) is 19.2 Å². The maximum atomic E-state index is 11.1. The molecule has 0 bridgehead atoms. The van der Waals surface area contributed by atoms with E-state index in [1.54, 1.807) is 12.1 Å². The van der Waals surface area contributed by atoms with Gasteiger partial charge in [0.15, 0.2) is 0 Å². The molecule has 5 nitrogen and oxygen atoms in total. The predicted octanol–water partition coefficient (Wildman–Crippen LogP) is 0.655. The molecule has 6 heteroatoms. The number of halogens is 1. The normalized spacial score (nSPS) is 9.24. The van der Waals surface area contributed by atoms with Crippen molar-refractivity contribution in [2.75, 3.05) is 13.7 Å². The quantitative estimate of drug-likeness (QED) is 0.535. The van der Waals surface area contributed by atoms with Crippen LogP contribution in [0.1, 0.15) is 11.1 Å². The van der Waals surface area contributed by atoms with Gasteiger partial charge in [-0.05, 0) is 5.56 Å². The highest BCUT2D eigenvalue weighted by atomic mass is 35.5. The fourth-order valence-corrected chi connectivity index (χ4v) is 1.18. The fourth-order valence-electron chi connectivity index (χ4n) is 1.18. The van der Waals surface area contributed by atoms with Gasteiger partial charge in [-0.2, -0.15) is 0 Å². The lowest BCUT2D eigenvalue weighted by atomic mass is 10.1. The molecule has 0 aromatic heterocycles. The van der Waals surface area contributed by atoms with Gasteiger partial charge in [-0.15, -0.1) is 12.4 Å². The summed E-state index contributed by atoms with van der Waals surface area (Å²) in [7, 11) is 1.47. The molecule has 1 rings (SSSR count). The van der Waals surface area contributed by atoms with Crippen LogP contribution in [0.4, 0.5) is 0 Å². The van der Waals surface area contributed by atoms with Crippen LogP contribution < -0.4 is 11.1 Å². The first kappa shape index (κ1) is 15.4. The number of rotatable bonds is 5. The minimum Gasteiger partial charge on any atom is -0.384 e. The molecule has 0 saturated carbocycles. The van der Waals surface area contributed by atoms with Crippen LogP contribution in [0.3, 0.4) is 0 Å². The van der Waals surface area contributed by atoms with Crippen molar-refractivity contribution in [3.8, 4) is 0 Å². The van der Waals surface area contributed by atoms with Gasteiger partial charge in [0.2, 0.25) is 5.91 Å². The van der Waals surface area contributed by atoms with Crippen molar-refractivity contribution < 1.29 is 9.53 Å². The number of hydrogen-bond acceptors (Lipinski definition) is 3. The Morgan fingerprint density at radius 3 is 2.47 bits per heavy atom. The van der Waals surface area contributed by atoms with E-state index in [9.17, 15) is 4.79 Å². The number of hydrogen-bond donors (Lipinski definition) is 3. The van der Waals surface area contributed by atoms with E-state index in [0.29, 0.717) is 12.1 Å². The number of ether oxygens (including phenoxy) is 1. The van der Waals surface area contributed by atoms with Crippen molar-refractivity contribution >= 4 is 24.1 Å². The van der Waals surface area contributed by atoms with Gasteiger partial charge in [0.1, 0.15) is 12.4 Å². The van der Waals surface area contributed by atoms with Gasteiger partial charge in [-0.1, -0.05) is 24.3 Å². The van der Waals surface area contributed by atoms with Crippen LogP contribution in [-0.4, -0.2) is 25.5 Å². The Hall–Kier alpha value is -1.59. The zero-order valence-corrected chi connectivity index (χ0v) is 10.3. The average Bonchev–Trinajstić information content (AvgIpc) is 2.27. The Morgan fingerprint density at radius 2 is 2.00 bits per heavy atom. The summed E-state index contributed by atoms with van der Waals surface area (Å²) in [6.07, 6.45) is 0. The van der Waals surface area contributed by atoms with Crippen molar-refractivity contribution in [2.45, 2.75) is 6.54 Å². The second-order valence-electron chi connectivity index (χ2n) is 3.32. The average molecular weight is 258 g/mol. The molecule has 1 aromatic rings. The highest BCUT2D eigenvalue weighted by molar-refractivity contribution is 5.94. The lowest BCUT2D eigenvalue weighted by molar-refractivity contribution is -0.124. The number of amidine groups is 1. The molecule has 4 N–H and O–H groups in total. The Bertz CT molecular complexity index is 379. The Morgan fingerprint density at radius 1 is 1.41 bits per heavy atom. The van der Waals surface area contributed by atoms with Crippen LogP contribution in [0.5, 0.6) is 0 Å². The number of benzene rings is 1. The molecular formula is C11H16ClN3O2. The number of nitrogens with two attached hydrogens (primary N) is 1. The van der Waals surface area contributed by atoms with Crippen molar-refractivity contribution in [1.29, 1.82) is 5.41 Å². The summed E-state index contributed by atoms with van der Waals surface area (Å²) in [5.74, 6) is -0.117. The number of amides is 1. The van der Waals surface area contributed by atoms with Gasteiger partial charge in [-0.3, -0.25) is 10.2 Å². The van der Waals surface area contributed by atoms with Crippen LogP contribution in [-0.2, 0) is 16.1 Å². The van der Waals surface area contributed by atoms with E-state index in [4.69, 9.17) is 11.1 Å². The van der Waals surface area contributed by atoms with Crippen LogP contribution in [0.15, 0.2) is 24.3 Å². The molecule has 0 aliphatic carbocycles. The largest absolute Gasteiger partial charge is 0.384 e. The van der Waals surface area contributed by atoms with Crippen molar-refractivity contribution in [3.05, 3.63) is 35.4 Å². The van der Waals surface area contributed by atoms with E-state index in [2.05, 4.69) is 10.1 Å². The minimum atomic E-state index is -0.154. The van der Waals surface area contributed by atoms with Crippen LogP contribution >= 0.6 is 12.4 Å². The smallest absolute Gasteiger partial charge is 0.246 e. The molecule has 0 fully saturated rings. The van der Waals surface area contributed by atoms with Gasteiger partial charge < -0.3 is 15.8 Å². The Labute approximate surface area is 106 Å². The molecule has 94 valence electrons. The molecule has 0 aliphatic rings. The van der Waals surface area contributed by atoms with Gasteiger partial charge in [0.25, 0.3) is 0 Å². The maximum Gasteiger partial charge on any atom is 0.246 e. The van der Waals surface area contributed by atoms with Gasteiger partial charge in [0.05, 0.1) is 0 Å². The standard InChI is InChI=1S/C11H15N3O2.ClH/c1-16-7-10(15)14-6-8-2-4-9(5-3-8)11(12)13;/h2-5H,6-7H2,1H3,(H3,12,13)(H,14,15);1H. The highest BCUT2D eigenvalue weighted by Crippen LogP contribution is 2.03. The summed E-state index contributed by atoms with van der Waals surface area (Å²) in [6.45, 7) is 0.506. The highest BCUT2D eigenvalue weighted by Gasteiger charge is 2.00. The first-order chi connectivity index (χ1) is 7.63. The van der Waals surface area contributed by atoms with Gasteiger partial charge >= 0.3 is 0 Å². The zero-order chi connectivity index (χ0) is 12.0. The molecule has 0 heterocycles. The summed E-state index contributed by atoms with van der Waals surface area (Å²) in [6, 6.07) is 7.15. The molecule has 0 unspecified atom stereocenters. The second-order valence-corrected chi connectivity index (χ2v) is 3.32. The Balaban J connectivity index is 0.00000256. The number of nitrogen functional groups attached to an aromatic ring is 1. The lowest BCUT2D eigenvalue weighted by Gasteiger charge is -2.05. The molecule has 0 radical (unpaired) electrons. The van der Waals surface area contributed by atoms with Crippen LogP contribution in [0.25, 0.3) is 0 Å². The third-order valence-electron chi connectivity index (χ3n) is 2.03. The number of carbonyl (C=O) groups is 1. The SMILES string of the molecule is COCC(=O)NCc1ccc(C(=N)N)cc1.Cl. The summed E-state index contributed by atoms with van der Waals surface area (Å²) < 4.78 is 4.69. The molecule has 1 aromatic carbocycles. The monoisotopic (exact) mass is 257 g/mol. The van der Waals surface area contributed by atoms with Crippen LogP contribution in [0.2, 0.25) is 0 Å². The predicted molar refractivity (Wildman–Crippen MR) is 68.4 cm³/mol. The molecule has 0 saturated heterocycles. The lowest BCUT2D eigenvalue weighted by Crippen LogP contribution is -2.26. The van der Waals surface area contributed by atoms with Crippen molar-refractivity contribution in [2.24, 2.45) is 5.73 Å². The Kier molecular flexibility index (Phi) is 6.93. The third kappa shape index (κ3) is 5.33. The fraction of sp³-hybridized carbons (Fsp3) is 0.273. The first-order valence-corrected chi connectivity index (χ1v) is 4.82. The number of carbonyl (C=O) groups excluding carboxylic acids is 1. The maximum absolute atomic E-state index is 11.1. The minimum absolute atomic E-state index is 0. The summed E-state index contributed by atoms with van der Waals surface area (Å²) in [4.78, 5) is 11.1. The first-order valence-electron chi connectivity index (χ1n) is 4.82. The van der Waals surface area contributed by atoms with E-state index in [-0.39, 0.29) is 30.8 Å². The molecular weight excluding hydrogens is 242 g/mol. The third-order valence-corrected chi connectivity index (χ3v) is 2.03.